The molecule has 0 aromatic heterocycles. The predicted octanol–water partition coefficient (Wildman–Crippen LogP) is 3.13. The summed E-state index contributed by atoms with van der Waals surface area (Å²) in [6.45, 7) is 3.27. The maximum atomic E-state index is 15.2. The molecule has 0 saturated carbocycles. The number of halogens is 1. The Balaban J connectivity index is 1.95. The molecule has 1 aliphatic heterocycles. The third-order valence-corrected chi connectivity index (χ3v) is 6.17. The summed E-state index contributed by atoms with van der Waals surface area (Å²) in [6, 6.07) is 6.13. The minimum atomic E-state index is -4.27. The number of aromatic hydroxyl groups is 1. The molecule has 156 valence electrons. The van der Waals surface area contributed by atoms with E-state index in [-0.39, 0.29) is 5.39 Å². The van der Waals surface area contributed by atoms with Gasteiger partial charge in [0.15, 0.2) is 5.82 Å². The van der Waals surface area contributed by atoms with E-state index in [4.69, 9.17) is 0 Å². The number of carboxylic acid groups (broad SMARTS) is 1. The lowest BCUT2D eigenvalue weighted by atomic mass is 9.86. The second-order valence-corrected chi connectivity index (χ2v) is 9.12. The van der Waals surface area contributed by atoms with Gasteiger partial charge in [-0.2, -0.15) is 8.42 Å². The number of phenols is 1. The van der Waals surface area contributed by atoms with Gasteiger partial charge in [-0.15, -0.1) is 0 Å². The monoisotopic (exact) mass is 424 g/mol. The SMILES string of the molecule is CC(C)(CCCc1ccc2cc(O)c(N3C=C(O)NS3(=O)=O)c(F)c2c1)C(=O)O. The Labute approximate surface area is 167 Å². The zero-order valence-corrected chi connectivity index (χ0v) is 16.6. The number of rotatable bonds is 6. The standard InChI is InChI=1S/C19H21FN2O6S/c1-19(2,18(25)26)7-3-4-11-5-6-12-9-14(23)17(16(20)13(12)8-11)22-10-15(24)21-29(22,27)28/h5-6,8-10,21,23-24H,3-4,7H2,1-2H3,(H,25,26). The van der Waals surface area contributed by atoms with E-state index in [2.05, 4.69) is 0 Å². The van der Waals surface area contributed by atoms with Crippen molar-refractivity contribution in [3.63, 3.8) is 0 Å². The third-order valence-electron chi connectivity index (χ3n) is 4.90. The molecule has 0 atom stereocenters. The summed E-state index contributed by atoms with van der Waals surface area (Å²) in [7, 11) is -4.27. The summed E-state index contributed by atoms with van der Waals surface area (Å²) < 4.78 is 41.5. The highest BCUT2D eigenvalue weighted by Gasteiger charge is 2.33. The maximum absolute atomic E-state index is 15.2. The number of nitrogens with zero attached hydrogens (tertiary/aromatic N) is 1. The Bertz CT molecular complexity index is 1130. The average molecular weight is 424 g/mol. The number of aliphatic carboxylic acids is 1. The van der Waals surface area contributed by atoms with E-state index in [1.807, 2.05) is 0 Å². The molecule has 1 heterocycles. The Morgan fingerprint density at radius 1 is 1.24 bits per heavy atom. The van der Waals surface area contributed by atoms with Gasteiger partial charge in [-0.1, -0.05) is 12.1 Å². The zero-order valence-electron chi connectivity index (χ0n) is 15.8. The lowest BCUT2D eigenvalue weighted by molar-refractivity contribution is -0.147. The normalized spacial score (nSPS) is 16.0. The van der Waals surface area contributed by atoms with Gasteiger partial charge in [0.05, 0.1) is 11.6 Å². The fourth-order valence-electron chi connectivity index (χ4n) is 3.15. The van der Waals surface area contributed by atoms with E-state index in [9.17, 15) is 28.5 Å². The predicted molar refractivity (Wildman–Crippen MR) is 105 cm³/mol. The van der Waals surface area contributed by atoms with E-state index in [0.29, 0.717) is 29.0 Å². The highest BCUT2D eigenvalue weighted by atomic mass is 32.2. The minimum Gasteiger partial charge on any atom is -0.506 e. The molecule has 4 N–H and O–H groups in total. The number of anilines is 1. The Kier molecular flexibility index (Phi) is 5.08. The Hall–Kier alpha value is -3.01. The van der Waals surface area contributed by atoms with Crippen LogP contribution in [0.5, 0.6) is 5.75 Å². The molecule has 0 amide bonds. The van der Waals surface area contributed by atoms with E-state index >= 15 is 4.39 Å². The zero-order chi connectivity index (χ0) is 21.6. The quantitative estimate of drug-likeness (QED) is 0.564. The first-order chi connectivity index (χ1) is 13.4. The summed E-state index contributed by atoms with van der Waals surface area (Å²) in [4.78, 5) is 11.2. The van der Waals surface area contributed by atoms with Gasteiger partial charge in [0, 0.05) is 5.39 Å². The summed E-state index contributed by atoms with van der Waals surface area (Å²) in [5.41, 5.74) is -0.722. The third kappa shape index (κ3) is 3.93. The summed E-state index contributed by atoms with van der Waals surface area (Å²) >= 11 is 0. The van der Waals surface area contributed by atoms with Crippen LogP contribution in [-0.2, 0) is 21.4 Å². The molecule has 0 fully saturated rings. The first kappa shape index (κ1) is 20.7. The second kappa shape index (κ2) is 7.11. The fraction of sp³-hybridized carbons (Fsp3) is 0.316. The molecule has 10 heteroatoms. The van der Waals surface area contributed by atoms with Crippen molar-refractivity contribution in [1.82, 2.24) is 4.72 Å². The molecule has 3 rings (SSSR count). The first-order valence-corrected chi connectivity index (χ1v) is 10.3. The Morgan fingerprint density at radius 3 is 2.52 bits per heavy atom. The highest BCUT2D eigenvalue weighted by Crippen LogP contribution is 2.39. The minimum absolute atomic E-state index is 0.0998. The van der Waals surface area contributed by atoms with Crippen LogP contribution in [0.25, 0.3) is 10.8 Å². The number of benzene rings is 2. The number of carbonyl (C=O) groups is 1. The number of aliphatic hydroxyl groups is 1. The van der Waals surface area contributed by atoms with Crippen molar-refractivity contribution in [1.29, 1.82) is 0 Å². The largest absolute Gasteiger partial charge is 0.506 e. The van der Waals surface area contributed by atoms with Gasteiger partial charge in [-0.05, 0) is 56.2 Å². The van der Waals surface area contributed by atoms with Crippen molar-refractivity contribution < 1.29 is 32.9 Å². The molecular formula is C19H21FN2O6S. The molecule has 0 aliphatic carbocycles. The molecule has 2 aromatic carbocycles. The van der Waals surface area contributed by atoms with Gasteiger partial charge < -0.3 is 15.3 Å². The van der Waals surface area contributed by atoms with Gasteiger partial charge in [-0.25, -0.2) is 13.4 Å². The number of nitrogens with one attached hydrogen (secondary N) is 1. The van der Waals surface area contributed by atoms with Crippen molar-refractivity contribution in [3.05, 3.63) is 47.7 Å². The molecule has 0 saturated heterocycles. The topological polar surface area (TPSA) is 127 Å². The van der Waals surface area contributed by atoms with Crippen molar-refractivity contribution in [2.75, 3.05) is 4.31 Å². The van der Waals surface area contributed by atoms with Crippen LogP contribution in [0.3, 0.4) is 0 Å². The van der Waals surface area contributed by atoms with Crippen LogP contribution in [0, 0.1) is 11.2 Å². The van der Waals surface area contributed by atoms with Crippen molar-refractivity contribution in [2.45, 2.75) is 33.1 Å². The fourth-order valence-corrected chi connectivity index (χ4v) is 4.22. The van der Waals surface area contributed by atoms with Crippen molar-refractivity contribution in [3.8, 4) is 5.75 Å². The maximum Gasteiger partial charge on any atom is 0.330 e. The van der Waals surface area contributed by atoms with Gasteiger partial charge >= 0.3 is 16.2 Å². The number of aliphatic hydroxyl groups excluding tert-OH is 1. The number of hydrogen-bond donors (Lipinski definition) is 4. The second-order valence-electron chi connectivity index (χ2n) is 7.57. The Morgan fingerprint density at radius 2 is 1.93 bits per heavy atom. The molecule has 8 nitrogen and oxygen atoms in total. The molecule has 2 aromatic rings. The molecular weight excluding hydrogens is 403 g/mol. The number of fused-ring (bicyclic) bond motifs is 1. The number of aryl methyl sites for hydroxylation is 1. The summed E-state index contributed by atoms with van der Waals surface area (Å²) in [6.07, 6.45) is 2.27. The smallest absolute Gasteiger partial charge is 0.330 e. The first-order valence-electron chi connectivity index (χ1n) is 8.83. The summed E-state index contributed by atoms with van der Waals surface area (Å²) in [5, 5.41) is 29.3. The number of hydrogen-bond acceptors (Lipinski definition) is 5. The van der Waals surface area contributed by atoms with Gasteiger partial charge in [-0.3, -0.25) is 4.79 Å². The van der Waals surface area contributed by atoms with Crippen LogP contribution in [-0.4, -0.2) is 29.7 Å². The lowest BCUT2D eigenvalue weighted by Gasteiger charge is -2.19. The van der Waals surface area contributed by atoms with Gasteiger partial charge in [0.1, 0.15) is 11.4 Å². The van der Waals surface area contributed by atoms with Crippen molar-refractivity contribution in [2.24, 2.45) is 5.41 Å². The molecule has 0 unspecified atom stereocenters. The van der Waals surface area contributed by atoms with Crippen LogP contribution < -0.4 is 9.03 Å². The average Bonchev–Trinajstić information content (AvgIpc) is 2.87. The molecule has 29 heavy (non-hydrogen) atoms. The molecule has 0 spiro atoms. The summed E-state index contributed by atoms with van der Waals surface area (Å²) in [5.74, 6) is -3.14. The van der Waals surface area contributed by atoms with E-state index in [0.717, 1.165) is 11.8 Å². The van der Waals surface area contributed by atoms with Crippen molar-refractivity contribution >= 4 is 32.6 Å². The van der Waals surface area contributed by atoms with E-state index in [1.54, 1.807) is 36.8 Å². The van der Waals surface area contributed by atoms with Gasteiger partial charge in [0.25, 0.3) is 0 Å². The van der Waals surface area contributed by atoms with E-state index < -0.39 is 44.7 Å². The lowest BCUT2D eigenvalue weighted by Crippen LogP contribution is -2.30. The number of phenolic OH excluding ortho intramolecular Hbond substituents is 1. The molecule has 0 bridgehead atoms. The molecule has 0 radical (unpaired) electrons. The molecule has 1 aliphatic rings. The van der Waals surface area contributed by atoms with Crippen LogP contribution >= 0.6 is 0 Å². The van der Waals surface area contributed by atoms with E-state index in [1.165, 1.54) is 6.07 Å². The number of carboxylic acids is 1. The van der Waals surface area contributed by atoms with Crippen LogP contribution in [0.15, 0.2) is 36.3 Å². The van der Waals surface area contributed by atoms with Crippen LogP contribution in [0.1, 0.15) is 32.3 Å². The van der Waals surface area contributed by atoms with Crippen LogP contribution in [0.4, 0.5) is 10.1 Å². The highest BCUT2D eigenvalue weighted by molar-refractivity contribution is 7.91. The van der Waals surface area contributed by atoms with Crippen LogP contribution in [0.2, 0.25) is 0 Å². The van der Waals surface area contributed by atoms with Gasteiger partial charge in [0.2, 0.25) is 5.88 Å².